The van der Waals surface area contributed by atoms with Gasteiger partial charge in [-0.05, 0) is 58.5 Å². The first-order valence-electron chi connectivity index (χ1n) is 7.75. The molecule has 3 heterocycles. The largest absolute Gasteiger partial charge is 0.376 e. The fraction of sp³-hybridized carbons (Fsp3) is 0.867. The van der Waals surface area contributed by atoms with E-state index in [1.165, 1.54) is 25.8 Å². The molecule has 1 atom stereocenters. The summed E-state index contributed by atoms with van der Waals surface area (Å²) in [5, 5.41) is 3.98. The Hall–Kier alpha value is -0.940. The Morgan fingerprint density at radius 3 is 2.75 bits per heavy atom. The third kappa shape index (κ3) is 3.38. The van der Waals surface area contributed by atoms with Crippen molar-refractivity contribution >= 4 is 0 Å². The highest BCUT2D eigenvalue weighted by atomic mass is 16.5. The summed E-state index contributed by atoms with van der Waals surface area (Å²) in [5.41, 5.74) is 0.0614. The Morgan fingerprint density at radius 2 is 2.10 bits per heavy atom. The molecule has 5 heteroatoms. The third-order valence-electron chi connectivity index (χ3n) is 4.65. The number of hydrogen-bond acceptors (Lipinski definition) is 5. The average Bonchev–Trinajstić information content (AvgIpc) is 2.92. The highest BCUT2D eigenvalue weighted by molar-refractivity contribution is 4.95. The van der Waals surface area contributed by atoms with Gasteiger partial charge in [0.15, 0.2) is 5.82 Å². The minimum Gasteiger partial charge on any atom is -0.376 e. The fourth-order valence-corrected chi connectivity index (χ4v) is 3.61. The Labute approximate surface area is 120 Å². The Morgan fingerprint density at radius 1 is 1.30 bits per heavy atom. The summed E-state index contributed by atoms with van der Waals surface area (Å²) in [4.78, 5) is 6.79. The molecule has 0 unspecified atom stereocenters. The van der Waals surface area contributed by atoms with Crippen molar-refractivity contribution in [3.8, 4) is 0 Å². The summed E-state index contributed by atoms with van der Waals surface area (Å²) >= 11 is 0. The standard InChI is InChI=1S/C15H25N3O2/c1-15(2)9-12(5-8-19-15)10-18-6-3-13(4-7-18)14-16-11-20-17-14/h11-13H,3-10H2,1-2H3/t12-/m0/s1. The summed E-state index contributed by atoms with van der Waals surface area (Å²) in [6.45, 7) is 8.85. The van der Waals surface area contributed by atoms with Crippen molar-refractivity contribution in [2.75, 3.05) is 26.2 Å². The number of piperidine rings is 1. The van der Waals surface area contributed by atoms with Gasteiger partial charge in [-0.1, -0.05) is 5.16 Å². The van der Waals surface area contributed by atoms with Gasteiger partial charge in [-0.3, -0.25) is 0 Å². The number of ether oxygens (including phenoxy) is 1. The fourth-order valence-electron chi connectivity index (χ4n) is 3.61. The smallest absolute Gasteiger partial charge is 0.213 e. The molecule has 112 valence electrons. The molecule has 1 aromatic rings. The van der Waals surface area contributed by atoms with Crippen LogP contribution in [0.4, 0.5) is 0 Å². The van der Waals surface area contributed by atoms with Gasteiger partial charge in [0.2, 0.25) is 6.39 Å². The van der Waals surface area contributed by atoms with Crippen LogP contribution in [0.1, 0.15) is 51.3 Å². The van der Waals surface area contributed by atoms with E-state index in [0.29, 0.717) is 5.92 Å². The molecule has 0 N–H and O–H groups in total. The molecule has 0 amide bonds. The summed E-state index contributed by atoms with van der Waals surface area (Å²) in [7, 11) is 0. The molecule has 2 fully saturated rings. The zero-order chi connectivity index (χ0) is 14.0. The molecule has 2 saturated heterocycles. The van der Waals surface area contributed by atoms with Crippen LogP contribution >= 0.6 is 0 Å². The molecule has 5 nitrogen and oxygen atoms in total. The molecule has 0 aliphatic carbocycles. The maximum Gasteiger partial charge on any atom is 0.213 e. The number of hydrogen-bond donors (Lipinski definition) is 0. The van der Waals surface area contributed by atoms with Crippen LogP contribution in [0.2, 0.25) is 0 Å². The van der Waals surface area contributed by atoms with Gasteiger partial charge in [-0.25, -0.2) is 0 Å². The van der Waals surface area contributed by atoms with Crippen LogP contribution in [0, 0.1) is 5.92 Å². The zero-order valence-electron chi connectivity index (χ0n) is 12.5. The second-order valence-electron chi connectivity index (χ2n) is 6.83. The van der Waals surface area contributed by atoms with Crippen molar-refractivity contribution in [3.63, 3.8) is 0 Å². The van der Waals surface area contributed by atoms with E-state index in [0.717, 1.165) is 44.3 Å². The van der Waals surface area contributed by atoms with Crippen LogP contribution in [0.5, 0.6) is 0 Å². The lowest BCUT2D eigenvalue weighted by Crippen LogP contribution is -2.42. The Kier molecular flexibility index (Phi) is 4.08. The van der Waals surface area contributed by atoms with Crippen molar-refractivity contribution in [2.45, 2.75) is 51.0 Å². The van der Waals surface area contributed by atoms with Crippen LogP contribution in [-0.4, -0.2) is 46.9 Å². The average molecular weight is 279 g/mol. The molecule has 3 rings (SSSR count). The van der Waals surface area contributed by atoms with Gasteiger partial charge in [0.05, 0.1) is 5.60 Å². The molecule has 0 aromatic carbocycles. The Bertz CT molecular complexity index is 411. The van der Waals surface area contributed by atoms with E-state index >= 15 is 0 Å². The lowest BCUT2D eigenvalue weighted by Gasteiger charge is -2.39. The predicted molar refractivity (Wildman–Crippen MR) is 75.5 cm³/mol. The minimum atomic E-state index is 0.0614. The van der Waals surface area contributed by atoms with E-state index in [4.69, 9.17) is 9.26 Å². The van der Waals surface area contributed by atoms with Gasteiger partial charge >= 0.3 is 0 Å². The lowest BCUT2D eigenvalue weighted by molar-refractivity contribution is -0.0775. The summed E-state index contributed by atoms with van der Waals surface area (Å²) in [5.74, 6) is 2.15. The van der Waals surface area contributed by atoms with E-state index in [2.05, 4.69) is 28.9 Å². The molecule has 0 radical (unpaired) electrons. The summed E-state index contributed by atoms with van der Waals surface area (Å²) in [6.07, 6.45) is 6.11. The third-order valence-corrected chi connectivity index (χ3v) is 4.65. The molecular formula is C15H25N3O2. The monoisotopic (exact) mass is 279 g/mol. The van der Waals surface area contributed by atoms with Crippen LogP contribution in [0.25, 0.3) is 0 Å². The normalized spacial score (nSPS) is 28.6. The topological polar surface area (TPSA) is 51.4 Å². The van der Waals surface area contributed by atoms with Crippen LogP contribution < -0.4 is 0 Å². The van der Waals surface area contributed by atoms with Gasteiger partial charge in [0.25, 0.3) is 0 Å². The first kappa shape index (κ1) is 14.0. The molecule has 20 heavy (non-hydrogen) atoms. The van der Waals surface area contributed by atoms with Gasteiger partial charge in [0.1, 0.15) is 0 Å². The summed E-state index contributed by atoms with van der Waals surface area (Å²) < 4.78 is 10.7. The van der Waals surface area contributed by atoms with Gasteiger partial charge in [0, 0.05) is 19.1 Å². The van der Waals surface area contributed by atoms with E-state index in [1.54, 1.807) is 0 Å². The highest BCUT2D eigenvalue weighted by Crippen LogP contribution is 2.31. The first-order chi connectivity index (χ1) is 9.62. The maximum atomic E-state index is 5.81. The van der Waals surface area contributed by atoms with Gasteiger partial charge in [-0.2, -0.15) is 4.98 Å². The highest BCUT2D eigenvalue weighted by Gasteiger charge is 2.31. The van der Waals surface area contributed by atoms with Gasteiger partial charge < -0.3 is 14.2 Å². The van der Waals surface area contributed by atoms with Gasteiger partial charge in [-0.15, -0.1) is 0 Å². The van der Waals surface area contributed by atoms with Crippen molar-refractivity contribution in [1.29, 1.82) is 0 Å². The number of aromatic nitrogens is 2. The molecule has 0 saturated carbocycles. The molecule has 0 spiro atoms. The Balaban J connectivity index is 1.47. The van der Waals surface area contributed by atoms with E-state index in [-0.39, 0.29) is 5.60 Å². The van der Waals surface area contributed by atoms with E-state index < -0.39 is 0 Å². The second kappa shape index (κ2) is 5.82. The first-order valence-corrected chi connectivity index (χ1v) is 7.75. The second-order valence-corrected chi connectivity index (χ2v) is 6.83. The van der Waals surface area contributed by atoms with E-state index in [1.807, 2.05) is 0 Å². The van der Waals surface area contributed by atoms with Crippen LogP contribution in [0.3, 0.4) is 0 Å². The number of rotatable bonds is 3. The van der Waals surface area contributed by atoms with Crippen molar-refractivity contribution < 1.29 is 9.26 Å². The molecule has 2 aliphatic heterocycles. The molecule has 0 bridgehead atoms. The van der Waals surface area contributed by atoms with Crippen molar-refractivity contribution in [1.82, 2.24) is 15.0 Å². The van der Waals surface area contributed by atoms with Crippen LogP contribution in [-0.2, 0) is 4.74 Å². The SMILES string of the molecule is CC1(C)C[C@@H](CN2CCC(c3ncon3)CC2)CCO1. The predicted octanol–water partition coefficient (Wildman–Crippen LogP) is 2.45. The molecular weight excluding hydrogens is 254 g/mol. The van der Waals surface area contributed by atoms with Crippen molar-refractivity contribution in [3.05, 3.63) is 12.2 Å². The van der Waals surface area contributed by atoms with Crippen LogP contribution in [0.15, 0.2) is 10.9 Å². The minimum absolute atomic E-state index is 0.0614. The summed E-state index contributed by atoms with van der Waals surface area (Å²) in [6, 6.07) is 0. The maximum absolute atomic E-state index is 5.81. The zero-order valence-corrected chi connectivity index (χ0v) is 12.5. The van der Waals surface area contributed by atoms with E-state index in [9.17, 15) is 0 Å². The lowest BCUT2D eigenvalue weighted by atomic mass is 9.87. The number of likely N-dealkylation sites (tertiary alicyclic amines) is 1. The van der Waals surface area contributed by atoms with Crippen molar-refractivity contribution in [2.24, 2.45) is 5.92 Å². The molecule has 2 aliphatic rings. The number of nitrogens with zero attached hydrogens (tertiary/aromatic N) is 3. The molecule has 1 aromatic heterocycles. The quantitative estimate of drug-likeness (QED) is 0.850.